The Balaban J connectivity index is 1.53. The maximum Gasteiger partial charge on any atom is 0.255 e. The Morgan fingerprint density at radius 2 is 1.74 bits per heavy atom. The summed E-state index contributed by atoms with van der Waals surface area (Å²) in [6, 6.07) is 9.83. The number of rotatable bonds is 2. The summed E-state index contributed by atoms with van der Waals surface area (Å²) in [5.41, 5.74) is 4.40. The summed E-state index contributed by atoms with van der Waals surface area (Å²) in [7, 11) is 0. The van der Waals surface area contributed by atoms with Crippen molar-refractivity contribution in [2.45, 2.75) is 20.3 Å². The highest BCUT2D eigenvalue weighted by molar-refractivity contribution is 5.94. The fourth-order valence-electron chi connectivity index (χ4n) is 3.57. The van der Waals surface area contributed by atoms with Crippen molar-refractivity contribution in [1.29, 1.82) is 0 Å². The largest absolute Gasteiger partial charge is 0.353 e. The topological polar surface area (TPSA) is 62.2 Å². The molecule has 0 bridgehead atoms. The molecule has 0 atom stereocenters. The molecule has 0 radical (unpaired) electrons. The quantitative estimate of drug-likeness (QED) is 0.702. The van der Waals surface area contributed by atoms with Crippen LogP contribution >= 0.6 is 0 Å². The van der Waals surface area contributed by atoms with Crippen molar-refractivity contribution in [3.8, 4) is 0 Å². The van der Waals surface area contributed by atoms with Crippen molar-refractivity contribution >= 4 is 22.8 Å². The molecule has 0 aliphatic carbocycles. The van der Waals surface area contributed by atoms with E-state index in [-0.39, 0.29) is 5.91 Å². The van der Waals surface area contributed by atoms with Crippen molar-refractivity contribution in [3.05, 3.63) is 59.5 Å². The number of pyridine rings is 1. The van der Waals surface area contributed by atoms with Crippen LogP contribution in [0.15, 0.2) is 42.7 Å². The Kier molecular flexibility index (Phi) is 4.71. The molecule has 3 heterocycles. The molecular formula is C21H23N5O. The van der Waals surface area contributed by atoms with E-state index >= 15 is 0 Å². The second-order valence-corrected chi connectivity index (χ2v) is 7.01. The van der Waals surface area contributed by atoms with Gasteiger partial charge in [0.2, 0.25) is 0 Å². The SMILES string of the molecule is Cc1cncc(C(=O)N2CCCN(c3nc4ccccc4nc3C)CC2)c1. The van der Waals surface area contributed by atoms with E-state index in [0.29, 0.717) is 12.1 Å². The van der Waals surface area contributed by atoms with Gasteiger partial charge in [0.25, 0.3) is 5.91 Å². The molecule has 0 N–H and O–H groups in total. The molecule has 6 nitrogen and oxygen atoms in total. The molecule has 1 saturated heterocycles. The van der Waals surface area contributed by atoms with Crippen LogP contribution in [0, 0.1) is 13.8 Å². The molecule has 6 heteroatoms. The average Bonchev–Trinajstić information content (AvgIpc) is 2.93. The van der Waals surface area contributed by atoms with E-state index in [4.69, 9.17) is 9.97 Å². The third-order valence-corrected chi connectivity index (χ3v) is 4.92. The lowest BCUT2D eigenvalue weighted by molar-refractivity contribution is 0.0766. The van der Waals surface area contributed by atoms with Crippen molar-refractivity contribution in [3.63, 3.8) is 0 Å². The van der Waals surface area contributed by atoms with E-state index in [0.717, 1.165) is 54.2 Å². The van der Waals surface area contributed by atoms with Gasteiger partial charge >= 0.3 is 0 Å². The van der Waals surface area contributed by atoms with Crippen LogP contribution in [0.2, 0.25) is 0 Å². The number of anilines is 1. The van der Waals surface area contributed by atoms with Crippen molar-refractivity contribution in [2.24, 2.45) is 0 Å². The van der Waals surface area contributed by atoms with Crippen LogP contribution in [0.25, 0.3) is 11.0 Å². The van der Waals surface area contributed by atoms with Crippen LogP contribution in [-0.4, -0.2) is 51.9 Å². The normalized spacial score (nSPS) is 15.0. The van der Waals surface area contributed by atoms with Gasteiger partial charge in [0.1, 0.15) is 0 Å². The first-order valence-electron chi connectivity index (χ1n) is 9.31. The fourth-order valence-corrected chi connectivity index (χ4v) is 3.57. The average molecular weight is 361 g/mol. The number of fused-ring (bicyclic) bond motifs is 1. The predicted octanol–water partition coefficient (Wildman–Crippen LogP) is 2.99. The molecule has 138 valence electrons. The molecule has 0 unspecified atom stereocenters. The minimum absolute atomic E-state index is 0.0503. The van der Waals surface area contributed by atoms with E-state index in [1.165, 1.54) is 0 Å². The van der Waals surface area contributed by atoms with E-state index in [1.807, 2.05) is 49.1 Å². The molecule has 0 saturated carbocycles. The number of hydrogen-bond donors (Lipinski definition) is 0. The fraction of sp³-hybridized carbons (Fsp3) is 0.333. The van der Waals surface area contributed by atoms with Gasteiger partial charge in [-0.2, -0.15) is 0 Å². The minimum Gasteiger partial charge on any atom is -0.353 e. The summed E-state index contributed by atoms with van der Waals surface area (Å²) in [4.78, 5) is 30.7. The van der Waals surface area contributed by atoms with Crippen LogP contribution in [-0.2, 0) is 0 Å². The van der Waals surface area contributed by atoms with E-state index < -0.39 is 0 Å². The molecule has 1 aliphatic heterocycles. The molecule has 1 aromatic carbocycles. The maximum atomic E-state index is 12.8. The Morgan fingerprint density at radius 3 is 2.52 bits per heavy atom. The number of benzene rings is 1. The van der Waals surface area contributed by atoms with Gasteiger partial charge in [0.15, 0.2) is 5.82 Å². The highest BCUT2D eigenvalue weighted by Crippen LogP contribution is 2.21. The molecular weight excluding hydrogens is 338 g/mol. The molecule has 4 rings (SSSR count). The van der Waals surface area contributed by atoms with Crippen LogP contribution in [0.1, 0.15) is 28.0 Å². The van der Waals surface area contributed by atoms with E-state index in [2.05, 4.69) is 9.88 Å². The molecule has 1 amide bonds. The molecule has 1 fully saturated rings. The van der Waals surface area contributed by atoms with Crippen LogP contribution < -0.4 is 4.90 Å². The van der Waals surface area contributed by atoms with Crippen molar-refractivity contribution in [1.82, 2.24) is 19.9 Å². The van der Waals surface area contributed by atoms with Gasteiger partial charge in [-0.1, -0.05) is 12.1 Å². The smallest absolute Gasteiger partial charge is 0.255 e. The Hall–Kier alpha value is -3.02. The minimum atomic E-state index is 0.0503. The number of aryl methyl sites for hydroxylation is 2. The predicted molar refractivity (Wildman–Crippen MR) is 106 cm³/mol. The first-order chi connectivity index (χ1) is 13.1. The number of para-hydroxylation sites is 2. The Labute approximate surface area is 158 Å². The Morgan fingerprint density at radius 1 is 0.963 bits per heavy atom. The first-order valence-corrected chi connectivity index (χ1v) is 9.31. The third kappa shape index (κ3) is 3.60. The van der Waals surface area contributed by atoms with Gasteiger partial charge in [-0.05, 0) is 44.0 Å². The lowest BCUT2D eigenvalue weighted by Crippen LogP contribution is -2.35. The number of carbonyl (C=O) groups is 1. The number of carbonyl (C=O) groups excluding carboxylic acids is 1. The first kappa shape index (κ1) is 17.4. The molecule has 27 heavy (non-hydrogen) atoms. The summed E-state index contributed by atoms with van der Waals surface area (Å²) in [5, 5.41) is 0. The van der Waals surface area contributed by atoms with Gasteiger partial charge in [-0.25, -0.2) is 9.97 Å². The van der Waals surface area contributed by atoms with Gasteiger partial charge in [-0.15, -0.1) is 0 Å². The number of aromatic nitrogens is 3. The highest BCUT2D eigenvalue weighted by Gasteiger charge is 2.22. The molecule has 1 aliphatic rings. The van der Waals surface area contributed by atoms with Crippen LogP contribution in [0.3, 0.4) is 0 Å². The van der Waals surface area contributed by atoms with Crippen molar-refractivity contribution < 1.29 is 4.79 Å². The number of amides is 1. The maximum absolute atomic E-state index is 12.8. The zero-order valence-corrected chi connectivity index (χ0v) is 15.7. The summed E-state index contributed by atoms with van der Waals surface area (Å²) in [5.74, 6) is 0.967. The van der Waals surface area contributed by atoms with Crippen LogP contribution in [0.4, 0.5) is 5.82 Å². The summed E-state index contributed by atoms with van der Waals surface area (Å²) < 4.78 is 0. The molecule has 2 aromatic heterocycles. The number of hydrogen-bond acceptors (Lipinski definition) is 5. The second kappa shape index (κ2) is 7.31. The number of nitrogens with zero attached hydrogens (tertiary/aromatic N) is 5. The van der Waals surface area contributed by atoms with E-state index in [1.54, 1.807) is 12.4 Å². The van der Waals surface area contributed by atoms with Gasteiger partial charge in [0, 0.05) is 38.6 Å². The lowest BCUT2D eigenvalue weighted by Gasteiger charge is -2.24. The van der Waals surface area contributed by atoms with Gasteiger partial charge in [-0.3, -0.25) is 9.78 Å². The lowest BCUT2D eigenvalue weighted by atomic mass is 10.2. The molecule has 0 spiro atoms. The summed E-state index contributed by atoms with van der Waals surface area (Å²) in [6.45, 7) is 6.97. The Bertz CT molecular complexity index is 987. The second-order valence-electron chi connectivity index (χ2n) is 7.01. The highest BCUT2D eigenvalue weighted by atomic mass is 16.2. The van der Waals surface area contributed by atoms with Gasteiger partial charge < -0.3 is 9.80 Å². The zero-order valence-electron chi connectivity index (χ0n) is 15.7. The zero-order chi connectivity index (χ0) is 18.8. The third-order valence-electron chi connectivity index (χ3n) is 4.92. The van der Waals surface area contributed by atoms with Crippen LogP contribution in [0.5, 0.6) is 0 Å². The van der Waals surface area contributed by atoms with Gasteiger partial charge in [0.05, 0.1) is 22.3 Å². The monoisotopic (exact) mass is 361 g/mol. The molecule has 3 aromatic rings. The standard InChI is InChI=1S/C21H23N5O/c1-15-12-17(14-22-13-15)21(27)26-9-5-8-25(10-11-26)20-16(2)23-18-6-3-4-7-19(18)24-20/h3-4,6-7,12-14H,5,8-11H2,1-2H3. The summed E-state index contributed by atoms with van der Waals surface area (Å²) in [6.07, 6.45) is 4.32. The van der Waals surface area contributed by atoms with E-state index in [9.17, 15) is 4.79 Å². The van der Waals surface area contributed by atoms with Crippen molar-refractivity contribution in [2.75, 3.05) is 31.1 Å². The summed E-state index contributed by atoms with van der Waals surface area (Å²) >= 11 is 0.